The molecular formula is C18H17NO2. The molecule has 0 N–H and O–H groups in total. The summed E-state index contributed by atoms with van der Waals surface area (Å²) in [6.07, 6.45) is 2.12. The minimum atomic E-state index is 0.0956. The third-order valence-electron chi connectivity index (χ3n) is 3.93. The van der Waals surface area contributed by atoms with E-state index in [0.717, 1.165) is 27.8 Å². The first-order chi connectivity index (χ1) is 10.1. The van der Waals surface area contributed by atoms with Gasteiger partial charge in [-0.1, -0.05) is 18.2 Å². The number of pyridine rings is 1. The molecule has 2 heterocycles. The maximum Gasteiger partial charge on any atom is 0.171 e. The first kappa shape index (κ1) is 13.6. The van der Waals surface area contributed by atoms with Gasteiger partial charge in [0.05, 0.1) is 11.1 Å². The Bertz CT molecular complexity index is 825. The van der Waals surface area contributed by atoms with Crippen LogP contribution in [0, 0.1) is 20.8 Å². The number of aromatic nitrogens is 1. The van der Waals surface area contributed by atoms with Gasteiger partial charge in [0.1, 0.15) is 11.5 Å². The van der Waals surface area contributed by atoms with Crippen molar-refractivity contribution in [3.8, 4) is 0 Å². The third-order valence-corrected chi connectivity index (χ3v) is 3.93. The zero-order valence-corrected chi connectivity index (χ0v) is 12.4. The van der Waals surface area contributed by atoms with Crippen LogP contribution in [0.3, 0.4) is 0 Å². The number of hydrogen-bond donors (Lipinski definition) is 0. The molecule has 0 radical (unpaired) electrons. The Morgan fingerprint density at radius 1 is 1.10 bits per heavy atom. The average molecular weight is 279 g/mol. The summed E-state index contributed by atoms with van der Waals surface area (Å²) in [4.78, 5) is 17.0. The van der Waals surface area contributed by atoms with E-state index in [2.05, 4.69) is 4.98 Å². The van der Waals surface area contributed by atoms with Crippen molar-refractivity contribution >= 4 is 16.7 Å². The van der Waals surface area contributed by atoms with Crippen LogP contribution in [0.4, 0.5) is 0 Å². The molecule has 106 valence electrons. The molecule has 3 heteroatoms. The monoisotopic (exact) mass is 279 g/mol. The normalized spacial score (nSPS) is 11.0. The highest BCUT2D eigenvalue weighted by Gasteiger charge is 2.19. The van der Waals surface area contributed by atoms with Gasteiger partial charge in [-0.15, -0.1) is 0 Å². The highest BCUT2D eigenvalue weighted by atomic mass is 16.3. The van der Waals surface area contributed by atoms with Crippen LogP contribution in [0.1, 0.15) is 33.0 Å². The molecule has 0 saturated heterocycles. The van der Waals surface area contributed by atoms with Crippen molar-refractivity contribution in [2.45, 2.75) is 27.2 Å². The van der Waals surface area contributed by atoms with Crippen LogP contribution >= 0.6 is 0 Å². The number of carbonyl (C=O) groups is 1. The van der Waals surface area contributed by atoms with Crippen LogP contribution in [0.15, 0.2) is 40.9 Å². The molecule has 1 aromatic carbocycles. The van der Waals surface area contributed by atoms with E-state index in [1.807, 2.05) is 51.1 Å². The topological polar surface area (TPSA) is 43.1 Å². The molecule has 0 fully saturated rings. The average Bonchev–Trinajstić information content (AvgIpc) is 2.72. The number of rotatable bonds is 3. The van der Waals surface area contributed by atoms with Gasteiger partial charge in [0, 0.05) is 23.6 Å². The van der Waals surface area contributed by atoms with Crippen LogP contribution in [-0.2, 0) is 6.42 Å². The first-order valence-corrected chi connectivity index (χ1v) is 7.00. The smallest absolute Gasteiger partial charge is 0.171 e. The second kappa shape index (κ2) is 5.17. The number of hydrogen-bond acceptors (Lipinski definition) is 3. The number of ketones is 1. The molecule has 0 aliphatic rings. The minimum absolute atomic E-state index is 0.0956. The summed E-state index contributed by atoms with van der Waals surface area (Å²) in [6, 6.07) is 9.80. The number of benzene rings is 1. The largest absolute Gasteiger partial charge is 0.466 e. The number of aryl methyl sites for hydroxylation is 2. The maximum absolute atomic E-state index is 12.6. The standard InChI is InChI=1S/C18H17NO2/c1-11-12(2)21-13(3)18(11)17(20)10-14-8-9-19-16-7-5-4-6-15(14)16/h4-9H,10H2,1-3H3. The second-order valence-electron chi connectivity index (χ2n) is 5.30. The number of Topliss-reactive ketones (excluding diaryl/α,β-unsaturated/α-hetero) is 1. The van der Waals surface area contributed by atoms with Gasteiger partial charge in [-0.05, 0) is 38.5 Å². The summed E-state index contributed by atoms with van der Waals surface area (Å²) in [5.41, 5.74) is 3.58. The summed E-state index contributed by atoms with van der Waals surface area (Å²) in [5, 5.41) is 1.03. The molecule has 3 rings (SSSR count). The van der Waals surface area contributed by atoms with Crippen LogP contribution in [0.2, 0.25) is 0 Å². The number of nitrogens with zero attached hydrogens (tertiary/aromatic N) is 1. The van der Waals surface area contributed by atoms with Crippen molar-refractivity contribution in [2.75, 3.05) is 0 Å². The summed E-state index contributed by atoms with van der Waals surface area (Å²) >= 11 is 0. The van der Waals surface area contributed by atoms with E-state index < -0.39 is 0 Å². The molecule has 0 atom stereocenters. The van der Waals surface area contributed by atoms with E-state index in [9.17, 15) is 4.79 Å². The van der Waals surface area contributed by atoms with Crippen LogP contribution in [0.25, 0.3) is 10.9 Å². The predicted molar refractivity (Wildman–Crippen MR) is 82.7 cm³/mol. The lowest BCUT2D eigenvalue weighted by atomic mass is 9.98. The molecule has 2 aromatic heterocycles. The van der Waals surface area contributed by atoms with Crippen molar-refractivity contribution in [3.63, 3.8) is 0 Å². The highest BCUT2D eigenvalue weighted by molar-refractivity contribution is 6.01. The van der Waals surface area contributed by atoms with Gasteiger partial charge in [0.15, 0.2) is 5.78 Å². The Morgan fingerprint density at radius 2 is 1.86 bits per heavy atom. The van der Waals surface area contributed by atoms with E-state index >= 15 is 0 Å². The fourth-order valence-electron chi connectivity index (χ4n) is 2.77. The summed E-state index contributed by atoms with van der Waals surface area (Å²) in [7, 11) is 0. The summed E-state index contributed by atoms with van der Waals surface area (Å²) < 4.78 is 5.56. The SMILES string of the molecule is Cc1oc(C)c(C(=O)Cc2ccnc3ccccc23)c1C. The Labute approximate surface area is 123 Å². The van der Waals surface area contributed by atoms with Gasteiger partial charge in [0.25, 0.3) is 0 Å². The maximum atomic E-state index is 12.6. The number of carbonyl (C=O) groups excluding carboxylic acids is 1. The van der Waals surface area contributed by atoms with E-state index in [1.165, 1.54) is 0 Å². The van der Waals surface area contributed by atoms with Crippen molar-refractivity contribution in [3.05, 3.63) is 64.7 Å². The molecule has 0 bridgehead atoms. The van der Waals surface area contributed by atoms with E-state index in [0.29, 0.717) is 17.7 Å². The van der Waals surface area contributed by atoms with Gasteiger partial charge in [-0.25, -0.2) is 0 Å². The Kier molecular flexibility index (Phi) is 3.34. The van der Waals surface area contributed by atoms with E-state index in [4.69, 9.17) is 4.42 Å². The van der Waals surface area contributed by atoms with Crippen molar-refractivity contribution in [1.82, 2.24) is 4.98 Å². The van der Waals surface area contributed by atoms with Gasteiger partial charge in [-0.3, -0.25) is 9.78 Å². The highest BCUT2D eigenvalue weighted by Crippen LogP contribution is 2.24. The van der Waals surface area contributed by atoms with Gasteiger partial charge >= 0.3 is 0 Å². The molecule has 0 saturated carbocycles. The fraction of sp³-hybridized carbons (Fsp3) is 0.222. The van der Waals surface area contributed by atoms with Gasteiger partial charge in [0.2, 0.25) is 0 Å². The molecule has 0 unspecified atom stereocenters. The zero-order valence-electron chi connectivity index (χ0n) is 12.4. The van der Waals surface area contributed by atoms with E-state index in [-0.39, 0.29) is 5.78 Å². The molecule has 0 amide bonds. The summed E-state index contributed by atoms with van der Waals surface area (Å²) in [5.74, 6) is 1.61. The van der Waals surface area contributed by atoms with Crippen LogP contribution < -0.4 is 0 Å². The third kappa shape index (κ3) is 2.35. The minimum Gasteiger partial charge on any atom is -0.466 e. The van der Waals surface area contributed by atoms with Crippen molar-refractivity contribution in [2.24, 2.45) is 0 Å². The molecule has 0 aliphatic carbocycles. The lowest BCUT2D eigenvalue weighted by Crippen LogP contribution is -2.06. The molecule has 21 heavy (non-hydrogen) atoms. The molecular weight excluding hydrogens is 262 g/mol. The lowest BCUT2D eigenvalue weighted by Gasteiger charge is -2.05. The lowest BCUT2D eigenvalue weighted by molar-refractivity contribution is 0.0991. The fourth-order valence-corrected chi connectivity index (χ4v) is 2.77. The predicted octanol–water partition coefficient (Wildman–Crippen LogP) is 4.18. The number of fused-ring (bicyclic) bond motifs is 1. The van der Waals surface area contributed by atoms with Crippen LogP contribution in [0.5, 0.6) is 0 Å². The molecule has 0 aliphatic heterocycles. The molecule has 0 spiro atoms. The number of furan rings is 1. The van der Waals surface area contributed by atoms with Crippen molar-refractivity contribution in [1.29, 1.82) is 0 Å². The van der Waals surface area contributed by atoms with Crippen molar-refractivity contribution < 1.29 is 9.21 Å². The zero-order chi connectivity index (χ0) is 15.0. The first-order valence-electron chi connectivity index (χ1n) is 7.00. The Balaban J connectivity index is 2.01. The summed E-state index contributed by atoms with van der Waals surface area (Å²) in [6.45, 7) is 5.67. The van der Waals surface area contributed by atoms with Gasteiger partial charge in [-0.2, -0.15) is 0 Å². The number of para-hydroxylation sites is 1. The van der Waals surface area contributed by atoms with Gasteiger partial charge < -0.3 is 4.42 Å². The van der Waals surface area contributed by atoms with E-state index in [1.54, 1.807) is 6.20 Å². The second-order valence-corrected chi connectivity index (χ2v) is 5.30. The Hall–Kier alpha value is -2.42. The Morgan fingerprint density at radius 3 is 2.57 bits per heavy atom. The van der Waals surface area contributed by atoms with Crippen LogP contribution in [-0.4, -0.2) is 10.8 Å². The molecule has 3 aromatic rings. The quantitative estimate of drug-likeness (QED) is 0.675. The molecule has 3 nitrogen and oxygen atoms in total.